The van der Waals surface area contributed by atoms with E-state index in [1.54, 1.807) is 0 Å². The second kappa shape index (κ2) is 7.53. The van der Waals surface area contributed by atoms with Gasteiger partial charge in [-0.3, -0.25) is 4.79 Å². The minimum Gasteiger partial charge on any atom is -0.349 e. The molecule has 1 amide bonds. The monoisotopic (exact) mass is 319 g/mol. The number of carbonyl (C=O) groups excluding carboxylic acids is 1. The van der Waals surface area contributed by atoms with E-state index in [0.29, 0.717) is 10.8 Å². The summed E-state index contributed by atoms with van der Waals surface area (Å²) in [5.41, 5.74) is 2.33. The highest BCUT2D eigenvalue weighted by molar-refractivity contribution is 8.00. The summed E-state index contributed by atoms with van der Waals surface area (Å²) in [6.07, 6.45) is 0. The molecule has 110 valence electrons. The van der Waals surface area contributed by atoms with Gasteiger partial charge < -0.3 is 5.32 Å². The van der Waals surface area contributed by atoms with Crippen molar-refractivity contribution in [2.45, 2.75) is 24.8 Å². The predicted molar refractivity (Wildman–Crippen MR) is 89.9 cm³/mol. The number of halogens is 1. The Balaban J connectivity index is 1.90. The van der Waals surface area contributed by atoms with Crippen molar-refractivity contribution < 1.29 is 4.79 Å². The van der Waals surface area contributed by atoms with Gasteiger partial charge in [-0.05, 0) is 37.1 Å². The van der Waals surface area contributed by atoms with Crippen LogP contribution in [0.4, 0.5) is 0 Å². The van der Waals surface area contributed by atoms with Crippen LogP contribution in [0.25, 0.3) is 0 Å². The maximum absolute atomic E-state index is 12.0. The fraction of sp³-hybridized carbons (Fsp3) is 0.235. The maximum atomic E-state index is 12.0. The van der Waals surface area contributed by atoms with Crippen molar-refractivity contribution in [1.82, 2.24) is 5.32 Å². The van der Waals surface area contributed by atoms with Gasteiger partial charge in [-0.25, -0.2) is 0 Å². The lowest BCUT2D eigenvalue weighted by Crippen LogP contribution is -2.28. The molecule has 4 heteroatoms. The summed E-state index contributed by atoms with van der Waals surface area (Å²) in [5, 5.41) is 3.71. The summed E-state index contributed by atoms with van der Waals surface area (Å²) < 4.78 is 0. The fourth-order valence-electron chi connectivity index (χ4n) is 2.14. The van der Waals surface area contributed by atoms with Crippen molar-refractivity contribution in [3.63, 3.8) is 0 Å². The third-order valence-electron chi connectivity index (χ3n) is 3.23. The number of rotatable bonds is 5. The van der Waals surface area contributed by atoms with Crippen LogP contribution in [0.5, 0.6) is 0 Å². The molecule has 2 aromatic rings. The SMILES string of the molecule is Cc1ccccc1C(C)NC(=O)CSc1ccccc1Cl. The molecule has 1 unspecified atom stereocenters. The third kappa shape index (κ3) is 4.51. The summed E-state index contributed by atoms with van der Waals surface area (Å²) in [6, 6.07) is 15.6. The molecule has 2 nitrogen and oxygen atoms in total. The Morgan fingerprint density at radius 2 is 1.86 bits per heavy atom. The Morgan fingerprint density at radius 3 is 2.57 bits per heavy atom. The topological polar surface area (TPSA) is 29.1 Å². The molecule has 0 radical (unpaired) electrons. The summed E-state index contributed by atoms with van der Waals surface area (Å²) in [5.74, 6) is 0.371. The standard InChI is InChI=1S/C17H18ClNOS/c1-12-7-3-4-8-14(12)13(2)19-17(20)11-21-16-10-6-5-9-15(16)18/h3-10,13H,11H2,1-2H3,(H,19,20). The quantitative estimate of drug-likeness (QED) is 0.815. The number of hydrogen-bond donors (Lipinski definition) is 1. The number of benzene rings is 2. The highest BCUT2D eigenvalue weighted by Crippen LogP contribution is 2.26. The summed E-state index contributed by atoms with van der Waals surface area (Å²) in [7, 11) is 0. The summed E-state index contributed by atoms with van der Waals surface area (Å²) in [6.45, 7) is 4.05. The van der Waals surface area contributed by atoms with Crippen molar-refractivity contribution in [2.75, 3.05) is 5.75 Å². The Hall–Kier alpha value is -1.45. The largest absolute Gasteiger partial charge is 0.349 e. The number of nitrogens with one attached hydrogen (secondary N) is 1. The van der Waals surface area contributed by atoms with E-state index in [-0.39, 0.29) is 11.9 Å². The van der Waals surface area contributed by atoms with Gasteiger partial charge in [0.05, 0.1) is 16.8 Å². The van der Waals surface area contributed by atoms with Gasteiger partial charge in [0, 0.05) is 4.90 Å². The molecule has 0 spiro atoms. The van der Waals surface area contributed by atoms with E-state index in [1.807, 2.05) is 49.4 Å². The van der Waals surface area contributed by atoms with E-state index < -0.39 is 0 Å². The Kier molecular flexibility index (Phi) is 5.71. The Bertz CT molecular complexity index is 630. The molecule has 2 aromatic carbocycles. The minimum atomic E-state index is 0.00513. The lowest BCUT2D eigenvalue weighted by molar-refractivity contribution is -0.119. The van der Waals surface area contributed by atoms with Crippen LogP contribution in [0.2, 0.25) is 5.02 Å². The lowest BCUT2D eigenvalue weighted by atomic mass is 10.0. The van der Waals surface area contributed by atoms with Crippen LogP contribution in [0.15, 0.2) is 53.4 Å². The first-order valence-corrected chi connectivity index (χ1v) is 8.16. The van der Waals surface area contributed by atoms with Crippen LogP contribution in [0.3, 0.4) is 0 Å². The van der Waals surface area contributed by atoms with Gasteiger partial charge in [0.15, 0.2) is 0 Å². The molecule has 0 saturated heterocycles. The Labute approximate surface area is 134 Å². The molecule has 2 rings (SSSR count). The first kappa shape index (κ1) is 15.9. The first-order valence-electron chi connectivity index (χ1n) is 6.80. The van der Waals surface area contributed by atoms with Gasteiger partial charge in [-0.1, -0.05) is 48.0 Å². The van der Waals surface area contributed by atoms with Gasteiger partial charge in [0.25, 0.3) is 0 Å². The van der Waals surface area contributed by atoms with E-state index in [2.05, 4.69) is 18.3 Å². The average molecular weight is 320 g/mol. The number of amides is 1. The number of carbonyl (C=O) groups is 1. The van der Waals surface area contributed by atoms with Gasteiger partial charge in [-0.2, -0.15) is 0 Å². The maximum Gasteiger partial charge on any atom is 0.230 e. The van der Waals surface area contributed by atoms with Crippen LogP contribution in [0, 0.1) is 6.92 Å². The van der Waals surface area contributed by atoms with E-state index >= 15 is 0 Å². The molecule has 0 saturated carbocycles. The number of thioether (sulfide) groups is 1. The molecule has 0 aliphatic carbocycles. The zero-order valence-corrected chi connectivity index (χ0v) is 13.7. The zero-order valence-electron chi connectivity index (χ0n) is 12.1. The van der Waals surface area contributed by atoms with E-state index in [0.717, 1.165) is 10.5 Å². The highest BCUT2D eigenvalue weighted by atomic mass is 35.5. The van der Waals surface area contributed by atoms with E-state index in [1.165, 1.54) is 17.3 Å². The van der Waals surface area contributed by atoms with Crippen LogP contribution in [-0.4, -0.2) is 11.7 Å². The van der Waals surface area contributed by atoms with Crippen LogP contribution >= 0.6 is 23.4 Å². The normalized spacial score (nSPS) is 12.0. The van der Waals surface area contributed by atoms with E-state index in [4.69, 9.17) is 11.6 Å². The number of aryl methyl sites for hydroxylation is 1. The van der Waals surface area contributed by atoms with Gasteiger partial charge >= 0.3 is 0 Å². The molecule has 0 aromatic heterocycles. The van der Waals surface area contributed by atoms with Gasteiger partial charge in [0.2, 0.25) is 5.91 Å². The van der Waals surface area contributed by atoms with Crippen molar-refractivity contribution in [3.05, 3.63) is 64.7 Å². The minimum absolute atomic E-state index is 0.00513. The van der Waals surface area contributed by atoms with Gasteiger partial charge in [-0.15, -0.1) is 11.8 Å². The molecule has 0 fully saturated rings. The van der Waals surface area contributed by atoms with Crippen molar-refractivity contribution in [3.8, 4) is 0 Å². The molecular weight excluding hydrogens is 302 g/mol. The van der Waals surface area contributed by atoms with Crippen LogP contribution < -0.4 is 5.32 Å². The molecular formula is C17H18ClNOS. The second-order valence-corrected chi connectivity index (χ2v) is 6.29. The molecule has 21 heavy (non-hydrogen) atoms. The summed E-state index contributed by atoms with van der Waals surface area (Å²) >= 11 is 7.53. The second-order valence-electron chi connectivity index (χ2n) is 4.86. The lowest BCUT2D eigenvalue weighted by Gasteiger charge is -2.16. The fourth-order valence-corrected chi connectivity index (χ4v) is 3.19. The van der Waals surface area contributed by atoms with Gasteiger partial charge in [0.1, 0.15) is 0 Å². The Morgan fingerprint density at radius 1 is 1.19 bits per heavy atom. The van der Waals surface area contributed by atoms with Crippen LogP contribution in [-0.2, 0) is 4.79 Å². The third-order valence-corrected chi connectivity index (χ3v) is 4.74. The first-order chi connectivity index (χ1) is 10.1. The number of hydrogen-bond acceptors (Lipinski definition) is 2. The average Bonchev–Trinajstić information content (AvgIpc) is 2.46. The molecule has 0 aliphatic heterocycles. The van der Waals surface area contributed by atoms with Crippen molar-refractivity contribution in [2.24, 2.45) is 0 Å². The predicted octanol–water partition coefficient (Wildman–Crippen LogP) is 4.62. The molecule has 0 bridgehead atoms. The molecule has 0 aliphatic rings. The van der Waals surface area contributed by atoms with Crippen molar-refractivity contribution in [1.29, 1.82) is 0 Å². The highest BCUT2D eigenvalue weighted by Gasteiger charge is 2.12. The smallest absolute Gasteiger partial charge is 0.230 e. The summed E-state index contributed by atoms with van der Waals surface area (Å²) in [4.78, 5) is 13.0. The molecule has 1 atom stereocenters. The van der Waals surface area contributed by atoms with Crippen LogP contribution in [0.1, 0.15) is 24.1 Å². The van der Waals surface area contributed by atoms with Crippen molar-refractivity contribution >= 4 is 29.3 Å². The zero-order chi connectivity index (χ0) is 15.2. The molecule has 0 heterocycles. The molecule has 1 N–H and O–H groups in total. The van der Waals surface area contributed by atoms with E-state index in [9.17, 15) is 4.79 Å².